The molecule has 1 heterocycles. The zero-order chi connectivity index (χ0) is 11.5. The van der Waals surface area contributed by atoms with Gasteiger partial charge in [-0.15, -0.1) is 0 Å². The molecule has 0 bridgehead atoms. The van der Waals surface area contributed by atoms with Crippen molar-refractivity contribution in [3.05, 3.63) is 23.8 Å². The van der Waals surface area contributed by atoms with Crippen LogP contribution in [-0.2, 0) is 0 Å². The second-order valence-electron chi connectivity index (χ2n) is 4.71. The molecular weight excluding hydrogens is 198 g/mol. The van der Waals surface area contributed by atoms with Gasteiger partial charge < -0.3 is 16.0 Å². The van der Waals surface area contributed by atoms with Gasteiger partial charge in [0.1, 0.15) is 0 Å². The minimum Gasteiger partial charge on any atom is -0.397 e. The van der Waals surface area contributed by atoms with Crippen molar-refractivity contribution in [3.63, 3.8) is 0 Å². The van der Waals surface area contributed by atoms with Gasteiger partial charge in [-0.25, -0.2) is 0 Å². The molecule has 1 aromatic carbocycles. The number of nitrogens with two attached hydrogens (primary N) is 1. The molecule has 0 atom stereocenters. The topological polar surface area (TPSA) is 41.3 Å². The van der Waals surface area contributed by atoms with Crippen LogP contribution in [0.15, 0.2) is 18.2 Å². The van der Waals surface area contributed by atoms with Gasteiger partial charge in [-0.2, -0.15) is 0 Å². The predicted octanol–water partition coefficient (Wildman–Crippen LogP) is 1.80. The summed E-state index contributed by atoms with van der Waals surface area (Å²) in [4.78, 5) is 2.37. The first-order valence-corrected chi connectivity index (χ1v) is 6.03. The van der Waals surface area contributed by atoms with Gasteiger partial charge in [0.15, 0.2) is 0 Å². The first-order chi connectivity index (χ1) is 7.68. The number of anilines is 2. The number of nitrogens with one attached hydrogen (secondary N) is 1. The quantitative estimate of drug-likeness (QED) is 0.745. The molecule has 1 saturated heterocycles. The summed E-state index contributed by atoms with van der Waals surface area (Å²) in [6.07, 6.45) is 0. The zero-order valence-electron chi connectivity index (χ0n) is 10.2. The number of nitrogens with zero attached hydrogens (tertiary/aromatic N) is 1. The van der Waals surface area contributed by atoms with Crippen LogP contribution in [0.5, 0.6) is 0 Å². The molecule has 0 saturated carbocycles. The number of piperazine rings is 1. The largest absolute Gasteiger partial charge is 0.397 e. The standard InChI is InChI=1S/C13H21N3/c1-10(2)11-3-4-12(14)13(9-11)16-7-5-15-6-8-16/h3-4,9-10,15H,5-8,14H2,1-2H3. The van der Waals surface area contributed by atoms with E-state index in [4.69, 9.17) is 5.73 Å². The summed E-state index contributed by atoms with van der Waals surface area (Å²) in [6, 6.07) is 6.41. The van der Waals surface area contributed by atoms with E-state index in [1.807, 2.05) is 6.07 Å². The van der Waals surface area contributed by atoms with Gasteiger partial charge in [0.25, 0.3) is 0 Å². The normalized spacial score (nSPS) is 16.8. The molecule has 1 aliphatic heterocycles. The smallest absolute Gasteiger partial charge is 0.0603 e. The number of rotatable bonds is 2. The molecule has 0 aliphatic carbocycles. The van der Waals surface area contributed by atoms with Gasteiger partial charge in [-0.1, -0.05) is 19.9 Å². The lowest BCUT2D eigenvalue weighted by molar-refractivity contribution is 0.589. The molecule has 0 unspecified atom stereocenters. The third-order valence-electron chi connectivity index (χ3n) is 3.18. The lowest BCUT2D eigenvalue weighted by Crippen LogP contribution is -2.43. The molecular formula is C13H21N3. The summed E-state index contributed by atoms with van der Waals surface area (Å²) >= 11 is 0. The van der Waals surface area contributed by atoms with E-state index in [1.165, 1.54) is 11.3 Å². The highest BCUT2D eigenvalue weighted by atomic mass is 15.2. The van der Waals surface area contributed by atoms with E-state index in [0.717, 1.165) is 31.9 Å². The van der Waals surface area contributed by atoms with Gasteiger partial charge >= 0.3 is 0 Å². The number of hydrogen-bond acceptors (Lipinski definition) is 3. The van der Waals surface area contributed by atoms with Gasteiger partial charge in [-0.05, 0) is 23.6 Å². The Balaban J connectivity index is 2.27. The maximum Gasteiger partial charge on any atom is 0.0603 e. The van der Waals surface area contributed by atoms with Crippen molar-refractivity contribution < 1.29 is 0 Å². The summed E-state index contributed by atoms with van der Waals surface area (Å²) in [7, 11) is 0. The molecule has 1 aromatic rings. The van der Waals surface area contributed by atoms with Crippen LogP contribution in [0.4, 0.5) is 11.4 Å². The zero-order valence-corrected chi connectivity index (χ0v) is 10.2. The van der Waals surface area contributed by atoms with Crippen LogP contribution in [0.2, 0.25) is 0 Å². The van der Waals surface area contributed by atoms with Crippen molar-refractivity contribution in [2.45, 2.75) is 19.8 Å². The van der Waals surface area contributed by atoms with Crippen LogP contribution in [0, 0.1) is 0 Å². The van der Waals surface area contributed by atoms with Crippen molar-refractivity contribution in [1.82, 2.24) is 5.32 Å². The van der Waals surface area contributed by atoms with Crippen LogP contribution in [0.1, 0.15) is 25.3 Å². The Morgan fingerprint density at radius 1 is 1.25 bits per heavy atom. The van der Waals surface area contributed by atoms with E-state index in [-0.39, 0.29) is 0 Å². The molecule has 3 heteroatoms. The Bertz CT molecular complexity index is 354. The van der Waals surface area contributed by atoms with Crippen molar-refractivity contribution in [1.29, 1.82) is 0 Å². The molecule has 0 aromatic heterocycles. The SMILES string of the molecule is CC(C)c1ccc(N)c(N2CCNCC2)c1. The van der Waals surface area contributed by atoms with E-state index in [9.17, 15) is 0 Å². The third kappa shape index (κ3) is 2.30. The highest BCUT2D eigenvalue weighted by molar-refractivity contribution is 5.69. The van der Waals surface area contributed by atoms with E-state index in [2.05, 4.69) is 36.2 Å². The summed E-state index contributed by atoms with van der Waals surface area (Å²) < 4.78 is 0. The number of hydrogen-bond donors (Lipinski definition) is 2. The lowest BCUT2D eigenvalue weighted by atomic mass is 10.0. The average Bonchev–Trinajstić information content (AvgIpc) is 2.30. The Labute approximate surface area is 97.6 Å². The monoisotopic (exact) mass is 219 g/mol. The minimum atomic E-state index is 0.558. The van der Waals surface area contributed by atoms with Gasteiger partial charge in [0.05, 0.1) is 11.4 Å². The Hall–Kier alpha value is -1.22. The minimum absolute atomic E-state index is 0.558. The molecule has 0 amide bonds. The highest BCUT2D eigenvalue weighted by Crippen LogP contribution is 2.28. The summed E-state index contributed by atoms with van der Waals surface area (Å²) in [5.41, 5.74) is 9.52. The van der Waals surface area contributed by atoms with Gasteiger partial charge in [0, 0.05) is 26.2 Å². The highest BCUT2D eigenvalue weighted by Gasteiger charge is 2.14. The number of benzene rings is 1. The molecule has 0 spiro atoms. The van der Waals surface area contributed by atoms with E-state index in [1.54, 1.807) is 0 Å². The molecule has 1 fully saturated rings. The molecule has 2 rings (SSSR count). The Morgan fingerprint density at radius 2 is 1.94 bits per heavy atom. The van der Waals surface area contributed by atoms with Crippen molar-refractivity contribution >= 4 is 11.4 Å². The fourth-order valence-electron chi connectivity index (χ4n) is 2.10. The first kappa shape index (κ1) is 11.3. The van der Waals surface area contributed by atoms with E-state index >= 15 is 0 Å². The maximum atomic E-state index is 6.06. The number of nitrogen functional groups attached to an aromatic ring is 1. The van der Waals surface area contributed by atoms with Gasteiger partial charge in [-0.3, -0.25) is 0 Å². The Kier molecular flexibility index (Phi) is 3.34. The van der Waals surface area contributed by atoms with E-state index in [0.29, 0.717) is 5.92 Å². The summed E-state index contributed by atoms with van der Waals surface area (Å²) in [6.45, 7) is 8.62. The molecule has 3 nitrogen and oxygen atoms in total. The second kappa shape index (κ2) is 4.74. The summed E-state index contributed by atoms with van der Waals surface area (Å²) in [5.74, 6) is 0.558. The maximum absolute atomic E-state index is 6.06. The molecule has 3 N–H and O–H groups in total. The van der Waals surface area contributed by atoms with Crippen molar-refractivity contribution in [2.24, 2.45) is 0 Å². The van der Waals surface area contributed by atoms with E-state index < -0.39 is 0 Å². The fourth-order valence-corrected chi connectivity index (χ4v) is 2.10. The van der Waals surface area contributed by atoms with Crippen LogP contribution in [0.3, 0.4) is 0 Å². The van der Waals surface area contributed by atoms with Crippen LogP contribution < -0.4 is 16.0 Å². The third-order valence-corrected chi connectivity index (χ3v) is 3.18. The Morgan fingerprint density at radius 3 is 2.56 bits per heavy atom. The molecule has 0 radical (unpaired) electrons. The van der Waals surface area contributed by atoms with Crippen LogP contribution >= 0.6 is 0 Å². The van der Waals surface area contributed by atoms with Crippen molar-refractivity contribution in [3.8, 4) is 0 Å². The van der Waals surface area contributed by atoms with Crippen LogP contribution in [0.25, 0.3) is 0 Å². The van der Waals surface area contributed by atoms with Crippen molar-refractivity contribution in [2.75, 3.05) is 36.8 Å². The van der Waals surface area contributed by atoms with Crippen LogP contribution in [-0.4, -0.2) is 26.2 Å². The first-order valence-electron chi connectivity index (χ1n) is 6.03. The van der Waals surface area contributed by atoms with Gasteiger partial charge in [0.2, 0.25) is 0 Å². The average molecular weight is 219 g/mol. The molecule has 1 aliphatic rings. The molecule has 88 valence electrons. The second-order valence-corrected chi connectivity index (χ2v) is 4.71. The fraction of sp³-hybridized carbons (Fsp3) is 0.538. The summed E-state index contributed by atoms with van der Waals surface area (Å²) in [5, 5.41) is 3.36. The lowest BCUT2D eigenvalue weighted by Gasteiger charge is -2.31. The predicted molar refractivity (Wildman–Crippen MR) is 70.0 cm³/mol. The molecule has 16 heavy (non-hydrogen) atoms.